The van der Waals surface area contributed by atoms with Crippen LogP contribution >= 0.6 is 0 Å². The number of Topliss-reactive ketones (excluding diaryl/α,β-unsaturated/α-hetero) is 1. The quantitative estimate of drug-likeness (QED) is 0.413. The van der Waals surface area contributed by atoms with Crippen molar-refractivity contribution in [2.75, 3.05) is 13.2 Å². The van der Waals surface area contributed by atoms with E-state index >= 15 is 0 Å². The van der Waals surface area contributed by atoms with E-state index in [2.05, 4.69) is 17.1 Å². The molecular formula is C29H28N2O3. The number of pyridine rings is 1. The second-order valence-electron chi connectivity index (χ2n) is 8.58. The van der Waals surface area contributed by atoms with E-state index in [1.54, 1.807) is 13.1 Å². The van der Waals surface area contributed by atoms with Gasteiger partial charge in [-0.15, -0.1) is 0 Å². The van der Waals surface area contributed by atoms with Gasteiger partial charge >= 0.3 is 0 Å². The number of rotatable bonds is 6. The minimum absolute atomic E-state index is 0.0549. The minimum atomic E-state index is 0.0549. The maximum Gasteiger partial charge on any atom is 0.159 e. The van der Waals surface area contributed by atoms with Gasteiger partial charge in [0, 0.05) is 24.6 Å². The number of carbonyl (C=O) groups is 1. The number of allylic oxidation sites excluding steroid dienone is 1. The Morgan fingerprint density at radius 3 is 2.47 bits per heavy atom. The van der Waals surface area contributed by atoms with E-state index in [1.807, 2.05) is 62.4 Å². The molecule has 1 fully saturated rings. The van der Waals surface area contributed by atoms with Gasteiger partial charge in [-0.1, -0.05) is 30.3 Å². The molecular weight excluding hydrogens is 424 g/mol. The van der Waals surface area contributed by atoms with Crippen molar-refractivity contribution < 1.29 is 14.3 Å². The molecule has 0 saturated carbocycles. The molecule has 1 aliphatic heterocycles. The SMILES string of the molecule is CC(=O)c1ccc(/C(C)=C/c2nccc(-c3ccc(OC4CCOCC4)c(C#N)c3)c2C)cc1. The number of hydrogen-bond donors (Lipinski definition) is 0. The molecule has 0 spiro atoms. The van der Waals surface area contributed by atoms with Crippen molar-refractivity contribution >= 4 is 17.4 Å². The second kappa shape index (κ2) is 10.5. The van der Waals surface area contributed by atoms with Crippen LogP contribution in [0.4, 0.5) is 0 Å². The van der Waals surface area contributed by atoms with Crippen LogP contribution in [0, 0.1) is 18.3 Å². The lowest BCUT2D eigenvalue weighted by atomic mass is 9.96. The molecule has 0 radical (unpaired) electrons. The Bertz CT molecular complexity index is 1260. The van der Waals surface area contributed by atoms with E-state index in [0.29, 0.717) is 30.1 Å². The summed E-state index contributed by atoms with van der Waals surface area (Å²) >= 11 is 0. The topological polar surface area (TPSA) is 72.2 Å². The minimum Gasteiger partial charge on any atom is -0.489 e. The normalized spacial score (nSPS) is 14.5. The zero-order chi connectivity index (χ0) is 24.1. The number of benzene rings is 2. The van der Waals surface area contributed by atoms with Gasteiger partial charge in [-0.2, -0.15) is 5.26 Å². The third-order valence-corrected chi connectivity index (χ3v) is 6.22. The summed E-state index contributed by atoms with van der Waals surface area (Å²) in [5, 5.41) is 9.74. The number of nitrogens with zero attached hydrogens (tertiary/aromatic N) is 2. The summed E-state index contributed by atoms with van der Waals surface area (Å²) in [5.41, 5.74) is 7.20. The summed E-state index contributed by atoms with van der Waals surface area (Å²) in [6, 6.07) is 17.6. The highest BCUT2D eigenvalue weighted by Gasteiger charge is 2.18. The molecule has 0 N–H and O–H groups in total. The average Bonchev–Trinajstić information content (AvgIpc) is 2.86. The number of ether oxygens (including phenoxy) is 2. The van der Waals surface area contributed by atoms with Crippen LogP contribution in [-0.4, -0.2) is 30.1 Å². The zero-order valence-electron chi connectivity index (χ0n) is 19.8. The van der Waals surface area contributed by atoms with E-state index in [-0.39, 0.29) is 11.9 Å². The van der Waals surface area contributed by atoms with Gasteiger partial charge in [0.15, 0.2) is 5.78 Å². The van der Waals surface area contributed by atoms with Crippen LogP contribution in [0.3, 0.4) is 0 Å². The van der Waals surface area contributed by atoms with E-state index in [0.717, 1.165) is 46.4 Å². The van der Waals surface area contributed by atoms with Crippen LogP contribution in [0.15, 0.2) is 54.7 Å². The molecule has 1 aliphatic rings. The molecule has 5 heteroatoms. The van der Waals surface area contributed by atoms with E-state index in [1.165, 1.54) is 0 Å². The summed E-state index contributed by atoms with van der Waals surface area (Å²) in [6.07, 6.45) is 5.60. The van der Waals surface area contributed by atoms with Gasteiger partial charge < -0.3 is 9.47 Å². The van der Waals surface area contributed by atoms with Crippen LogP contribution in [0.1, 0.15) is 59.4 Å². The summed E-state index contributed by atoms with van der Waals surface area (Å²) in [4.78, 5) is 16.1. The monoisotopic (exact) mass is 452 g/mol. The van der Waals surface area contributed by atoms with Gasteiger partial charge in [0.05, 0.1) is 24.5 Å². The van der Waals surface area contributed by atoms with E-state index in [9.17, 15) is 10.1 Å². The highest BCUT2D eigenvalue weighted by Crippen LogP contribution is 2.31. The fraction of sp³-hybridized carbons (Fsp3) is 0.276. The van der Waals surface area contributed by atoms with Gasteiger partial charge in [-0.25, -0.2) is 0 Å². The number of ketones is 1. The molecule has 1 saturated heterocycles. The smallest absolute Gasteiger partial charge is 0.159 e. The van der Waals surface area contributed by atoms with Crippen LogP contribution in [0.25, 0.3) is 22.8 Å². The summed E-state index contributed by atoms with van der Waals surface area (Å²) in [5.74, 6) is 0.675. The van der Waals surface area contributed by atoms with Crippen LogP contribution in [0.2, 0.25) is 0 Å². The van der Waals surface area contributed by atoms with Crippen LogP contribution < -0.4 is 4.74 Å². The third kappa shape index (κ3) is 5.24. The predicted molar refractivity (Wildman–Crippen MR) is 134 cm³/mol. The second-order valence-corrected chi connectivity index (χ2v) is 8.58. The largest absolute Gasteiger partial charge is 0.489 e. The van der Waals surface area contributed by atoms with E-state index in [4.69, 9.17) is 9.47 Å². The Balaban J connectivity index is 1.61. The molecule has 0 aliphatic carbocycles. The maximum absolute atomic E-state index is 11.5. The van der Waals surface area contributed by atoms with Crippen LogP contribution in [0.5, 0.6) is 5.75 Å². The lowest BCUT2D eigenvalue weighted by molar-refractivity contribution is 0.0254. The van der Waals surface area contributed by atoms with Crippen molar-refractivity contribution in [1.29, 1.82) is 5.26 Å². The zero-order valence-corrected chi connectivity index (χ0v) is 19.8. The molecule has 2 heterocycles. The summed E-state index contributed by atoms with van der Waals surface area (Å²) < 4.78 is 11.5. The van der Waals surface area contributed by atoms with Crippen molar-refractivity contribution in [2.24, 2.45) is 0 Å². The molecule has 4 rings (SSSR count). The van der Waals surface area contributed by atoms with Crippen molar-refractivity contribution in [1.82, 2.24) is 4.98 Å². The van der Waals surface area contributed by atoms with Crippen molar-refractivity contribution in [3.63, 3.8) is 0 Å². The first kappa shape index (κ1) is 23.4. The predicted octanol–water partition coefficient (Wildman–Crippen LogP) is 6.25. The van der Waals surface area contributed by atoms with Gasteiger partial charge in [0.2, 0.25) is 0 Å². The Labute approximate surface area is 200 Å². The molecule has 0 amide bonds. The Morgan fingerprint density at radius 2 is 1.79 bits per heavy atom. The number of hydrogen-bond acceptors (Lipinski definition) is 5. The van der Waals surface area contributed by atoms with Crippen molar-refractivity contribution in [3.05, 3.63) is 82.7 Å². The van der Waals surface area contributed by atoms with Gasteiger partial charge in [-0.05, 0) is 72.9 Å². The highest BCUT2D eigenvalue weighted by molar-refractivity contribution is 5.94. The molecule has 0 unspecified atom stereocenters. The van der Waals surface area contributed by atoms with Crippen molar-refractivity contribution in [2.45, 2.75) is 39.7 Å². The fourth-order valence-corrected chi connectivity index (χ4v) is 4.13. The average molecular weight is 453 g/mol. The van der Waals surface area contributed by atoms with E-state index < -0.39 is 0 Å². The number of aromatic nitrogens is 1. The lowest BCUT2D eigenvalue weighted by Crippen LogP contribution is -2.26. The first-order chi connectivity index (χ1) is 16.5. The standard InChI is InChI=1S/C29H28N2O3/c1-19(22-4-6-23(7-5-22)21(3)32)16-28-20(2)27(10-13-31-28)24-8-9-29(25(17-24)18-30)34-26-11-14-33-15-12-26/h4-10,13,16-17,26H,11-12,14-15H2,1-3H3/b19-16+. The van der Waals surface area contributed by atoms with Crippen molar-refractivity contribution in [3.8, 4) is 22.9 Å². The molecule has 5 nitrogen and oxygen atoms in total. The molecule has 0 bridgehead atoms. The number of nitriles is 1. The molecule has 1 aromatic heterocycles. The Hall–Kier alpha value is -3.75. The lowest BCUT2D eigenvalue weighted by Gasteiger charge is -2.24. The Kier molecular flexibility index (Phi) is 7.20. The molecule has 0 atom stereocenters. The summed E-state index contributed by atoms with van der Waals surface area (Å²) in [6.45, 7) is 7.03. The maximum atomic E-state index is 11.5. The molecule has 3 aromatic rings. The number of carbonyl (C=O) groups excluding carboxylic acids is 1. The molecule has 34 heavy (non-hydrogen) atoms. The Morgan fingerprint density at radius 1 is 1.09 bits per heavy atom. The first-order valence-corrected chi connectivity index (χ1v) is 11.5. The van der Waals surface area contributed by atoms with Gasteiger partial charge in [0.25, 0.3) is 0 Å². The first-order valence-electron chi connectivity index (χ1n) is 11.5. The van der Waals surface area contributed by atoms with Gasteiger partial charge in [0.1, 0.15) is 17.9 Å². The molecule has 172 valence electrons. The highest BCUT2D eigenvalue weighted by atomic mass is 16.5. The van der Waals surface area contributed by atoms with Crippen LogP contribution in [-0.2, 0) is 4.74 Å². The summed E-state index contributed by atoms with van der Waals surface area (Å²) in [7, 11) is 0. The third-order valence-electron chi connectivity index (χ3n) is 6.22. The van der Waals surface area contributed by atoms with Gasteiger partial charge in [-0.3, -0.25) is 9.78 Å². The fourth-order valence-electron chi connectivity index (χ4n) is 4.13. The molecule has 2 aromatic carbocycles.